The van der Waals surface area contributed by atoms with Gasteiger partial charge in [-0.25, -0.2) is 14.8 Å². The third-order valence-corrected chi connectivity index (χ3v) is 4.31. The number of carbonyl (C=O) groups is 1. The van der Waals surface area contributed by atoms with Crippen LogP contribution in [0.25, 0.3) is 0 Å². The number of hydrogen-bond acceptors (Lipinski definition) is 5. The molecule has 8 heteroatoms. The summed E-state index contributed by atoms with van der Waals surface area (Å²) in [7, 11) is 0. The Balaban J connectivity index is 1.75. The molecule has 1 saturated carbocycles. The highest BCUT2D eigenvalue weighted by molar-refractivity contribution is 5.85. The number of hydrogen-bond donors (Lipinski definition) is 0. The molecule has 3 rings (SSSR count). The normalized spacial score (nSPS) is 14.9. The summed E-state index contributed by atoms with van der Waals surface area (Å²) < 4.78 is 47.5. The Hall–Kier alpha value is -2.64. The fourth-order valence-electron chi connectivity index (χ4n) is 3.03. The van der Waals surface area contributed by atoms with E-state index in [1.165, 1.54) is 0 Å². The van der Waals surface area contributed by atoms with Gasteiger partial charge in [-0.05, 0) is 18.4 Å². The Morgan fingerprint density at radius 3 is 2.52 bits per heavy atom. The van der Waals surface area contributed by atoms with Crippen molar-refractivity contribution < 1.29 is 27.4 Å². The molecule has 0 N–H and O–H groups in total. The molecule has 0 saturated heterocycles. The summed E-state index contributed by atoms with van der Waals surface area (Å²) in [6, 6.07) is 9.12. The minimum atomic E-state index is -4.46. The van der Waals surface area contributed by atoms with Crippen LogP contribution < -0.4 is 4.74 Å². The summed E-state index contributed by atoms with van der Waals surface area (Å²) in [6.45, 7) is -1.36. The second-order valence-corrected chi connectivity index (χ2v) is 6.39. The molecule has 27 heavy (non-hydrogen) atoms. The van der Waals surface area contributed by atoms with Crippen LogP contribution in [0.3, 0.4) is 0 Å². The monoisotopic (exact) mass is 380 g/mol. The molecule has 0 radical (unpaired) electrons. The van der Waals surface area contributed by atoms with Gasteiger partial charge >= 0.3 is 12.1 Å². The number of nitrogens with zero attached hydrogens (tertiary/aromatic N) is 2. The maximum atomic E-state index is 12.5. The van der Waals surface area contributed by atoms with Crippen LogP contribution in [-0.2, 0) is 11.3 Å². The highest BCUT2D eigenvalue weighted by Crippen LogP contribution is 2.37. The van der Waals surface area contributed by atoms with Gasteiger partial charge in [-0.15, -0.1) is 0 Å². The number of esters is 1. The fraction of sp³-hybridized carbons (Fsp3) is 0.421. The van der Waals surface area contributed by atoms with Gasteiger partial charge < -0.3 is 9.47 Å². The van der Waals surface area contributed by atoms with Crippen molar-refractivity contribution in [2.24, 2.45) is 0 Å². The van der Waals surface area contributed by atoms with Crippen molar-refractivity contribution in [3.63, 3.8) is 0 Å². The average molecular weight is 380 g/mol. The number of alkyl halides is 3. The van der Waals surface area contributed by atoms with Gasteiger partial charge in [0.2, 0.25) is 5.82 Å². The van der Waals surface area contributed by atoms with E-state index in [1.807, 2.05) is 30.3 Å². The lowest BCUT2D eigenvalue weighted by Gasteiger charge is -2.16. The highest BCUT2D eigenvalue weighted by atomic mass is 19.4. The molecule has 1 fully saturated rings. The molecule has 0 amide bonds. The average Bonchev–Trinajstić information content (AvgIpc) is 3.19. The van der Waals surface area contributed by atoms with Gasteiger partial charge in [0.1, 0.15) is 6.61 Å². The summed E-state index contributed by atoms with van der Waals surface area (Å²) in [5.41, 5.74) is 1.16. The van der Waals surface area contributed by atoms with Gasteiger partial charge in [0.25, 0.3) is 0 Å². The second kappa shape index (κ2) is 8.37. The van der Waals surface area contributed by atoms with E-state index in [4.69, 9.17) is 9.47 Å². The Morgan fingerprint density at radius 1 is 1.15 bits per heavy atom. The second-order valence-electron chi connectivity index (χ2n) is 6.39. The third kappa shape index (κ3) is 5.42. The van der Waals surface area contributed by atoms with Crippen molar-refractivity contribution in [3.8, 4) is 5.75 Å². The molecule has 0 bridgehead atoms. The minimum Gasteiger partial charge on any atom is -0.481 e. The first kappa shape index (κ1) is 19.1. The van der Waals surface area contributed by atoms with Crippen LogP contribution in [-0.4, -0.2) is 28.7 Å². The maximum absolute atomic E-state index is 12.5. The van der Waals surface area contributed by atoms with E-state index in [0.29, 0.717) is 5.69 Å². The first-order valence-corrected chi connectivity index (χ1v) is 8.70. The number of aromatic nitrogens is 2. The number of ether oxygens (including phenoxy) is 2. The van der Waals surface area contributed by atoms with Crippen LogP contribution in [0.4, 0.5) is 13.2 Å². The summed E-state index contributed by atoms with van der Waals surface area (Å²) >= 11 is 0. The van der Waals surface area contributed by atoms with Gasteiger partial charge in [0.05, 0.1) is 11.9 Å². The Kier molecular flexibility index (Phi) is 5.93. The van der Waals surface area contributed by atoms with Crippen molar-refractivity contribution >= 4 is 5.97 Å². The molecule has 1 aromatic heterocycles. The number of carbonyl (C=O) groups excluding carboxylic acids is 1. The van der Waals surface area contributed by atoms with Crippen molar-refractivity contribution in [1.29, 1.82) is 0 Å². The molecule has 5 nitrogen and oxygen atoms in total. The smallest absolute Gasteiger partial charge is 0.422 e. The van der Waals surface area contributed by atoms with Crippen LogP contribution in [0, 0.1) is 0 Å². The topological polar surface area (TPSA) is 61.3 Å². The van der Waals surface area contributed by atoms with Crippen molar-refractivity contribution in [1.82, 2.24) is 9.97 Å². The molecule has 1 aliphatic carbocycles. The van der Waals surface area contributed by atoms with Crippen molar-refractivity contribution in [2.45, 2.75) is 44.4 Å². The van der Waals surface area contributed by atoms with Gasteiger partial charge in [0.15, 0.2) is 12.4 Å². The lowest BCUT2D eigenvalue weighted by molar-refractivity contribution is -0.153. The molecule has 2 aromatic rings. The van der Waals surface area contributed by atoms with E-state index in [-0.39, 0.29) is 24.1 Å². The van der Waals surface area contributed by atoms with Crippen LogP contribution in [0.15, 0.2) is 36.5 Å². The molecule has 0 aliphatic heterocycles. The number of rotatable bonds is 6. The quantitative estimate of drug-likeness (QED) is 0.694. The Labute approximate surface area is 154 Å². The lowest BCUT2D eigenvalue weighted by Crippen LogP contribution is -2.21. The van der Waals surface area contributed by atoms with Crippen molar-refractivity contribution in [2.75, 3.05) is 6.61 Å². The molecule has 1 heterocycles. The van der Waals surface area contributed by atoms with Crippen LogP contribution >= 0.6 is 0 Å². The summed E-state index contributed by atoms with van der Waals surface area (Å²) in [6.07, 6.45) is 0.170. The van der Waals surface area contributed by atoms with E-state index in [0.717, 1.165) is 37.4 Å². The Morgan fingerprint density at radius 2 is 1.85 bits per heavy atom. The number of halogens is 3. The van der Waals surface area contributed by atoms with Gasteiger partial charge in [-0.3, -0.25) is 0 Å². The van der Waals surface area contributed by atoms with Gasteiger partial charge in [-0.2, -0.15) is 13.2 Å². The molecular formula is C19H19F3N2O3. The van der Waals surface area contributed by atoms with Gasteiger partial charge in [0, 0.05) is 5.92 Å². The summed E-state index contributed by atoms with van der Waals surface area (Å²) in [5.74, 6) is -0.969. The van der Waals surface area contributed by atoms with E-state index in [2.05, 4.69) is 9.97 Å². The molecule has 0 atom stereocenters. The molecule has 0 spiro atoms. The molecule has 1 aromatic carbocycles. The zero-order chi connectivity index (χ0) is 19.3. The maximum Gasteiger partial charge on any atom is 0.422 e. The molecule has 144 valence electrons. The highest BCUT2D eigenvalue weighted by Gasteiger charge is 2.31. The SMILES string of the molecule is O=C(OCc1ccccc1)c1ncc(OCC(F)(F)F)c(C2CCCC2)n1. The van der Waals surface area contributed by atoms with Crippen molar-refractivity contribution in [3.05, 3.63) is 53.6 Å². The molecule has 1 aliphatic rings. The predicted octanol–water partition coefficient (Wildman–Crippen LogP) is 4.43. The molecular weight excluding hydrogens is 361 g/mol. The minimum absolute atomic E-state index is 0.0289. The van der Waals surface area contributed by atoms with E-state index in [9.17, 15) is 18.0 Å². The standard InChI is InChI=1S/C19H19F3N2O3/c20-19(21,22)12-27-15-10-23-17(24-16(15)14-8-4-5-9-14)18(25)26-11-13-6-2-1-3-7-13/h1-3,6-7,10,14H,4-5,8-9,11-12H2. The Bertz CT molecular complexity index is 776. The zero-order valence-corrected chi connectivity index (χ0v) is 14.5. The summed E-state index contributed by atoms with van der Waals surface area (Å²) in [5, 5.41) is 0. The lowest BCUT2D eigenvalue weighted by atomic mass is 10.0. The molecule has 0 unspecified atom stereocenters. The third-order valence-electron chi connectivity index (χ3n) is 4.31. The van der Waals surface area contributed by atoms with Gasteiger partial charge in [-0.1, -0.05) is 43.2 Å². The zero-order valence-electron chi connectivity index (χ0n) is 14.5. The largest absolute Gasteiger partial charge is 0.481 e. The first-order chi connectivity index (χ1) is 12.9. The van der Waals surface area contributed by atoms with E-state index >= 15 is 0 Å². The van der Waals surface area contributed by atoms with Crippen LogP contribution in [0.5, 0.6) is 5.75 Å². The summed E-state index contributed by atoms with van der Waals surface area (Å²) in [4.78, 5) is 20.3. The fourth-order valence-corrected chi connectivity index (χ4v) is 3.03. The number of benzene rings is 1. The first-order valence-electron chi connectivity index (χ1n) is 8.70. The van der Waals surface area contributed by atoms with Crippen LogP contribution in [0.1, 0.15) is 53.5 Å². The van der Waals surface area contributed by atoms with E-state index < -0.39 is 18.8 Å². The predicted molar refractivity (Wildman–Crippen MR) is 90.4 cm³/mol. The van der Waals surface area contributed by atoms with E-state index in [1.54, 1.807) is 0 Å². The van der Waals surface area contributed by atoms with Crippen LogP contribution in [0.2, 0.25) is 0 Å².